The van der Waals surface area contributed by atoms with E-state index < -0.39 is 0 Å². The zero-order valence-electron chi connectivity index (χ0n) is 9.82. The van der Waals surface area contributed by atoms with Crippen molar-refractivity contribution in [1.82, 2.24) is 0 Å². The lowest BCUT2D eigenvalue weighted by Crippen LogP contribution is -1.93. The molecule has 2 heteroatoms. The van der Waals surface area contributed by atoms with Gasteiger partial charge >= 0.3 is 0 Å². The minimum absolute atomic E-state index is 0.662. The van der Waals surface area contributed by atoms with Gasteiger partial charge in [-0.25, -0.2) is 0 Å². The molecule has 17 heavy (non-hydrogen) atoms. The molecule has 0 saturated heterocycles. The topological polar surface area (TPSA) is 9.23 Å². The van der Waals surface area contributed by atoms with Crippen LogP contribution in [0, 0.1) is 5.92 Å². The van der Waals surface area contributed by atoms with E-state index in [1.165, 1.54) is 22.8 Å². The van der Waals surface area contributed by atoms with Crippen LogP contribution in [0.25, 0.3) is 10.8 Å². The highest BCUT2D eigenvalue weighted by Gasteiger charge is 2.39. The minimum atomic E-state index is 0.662. The van der Waals surface area contributed by atoms with Crippen molar-refractivity contribution in [2.75, 3.05) is 12.4 Å². The van der Waals surface area contributed by atoms with Gasteiger partial charge in [-0.05, 0) is 35.1 Å². The number of hydrogen-bond acceptors (Lipinski definition) is 1. The van der Waals surface area contributed by atoms with Crippen molar-refractivity contribution in [2.45, 2.75) is 12.3 Å². The van der Waals surface area contributed by atoms with Gasteiger partial charge in [-0.3, -0.25) is 0 Å². The van der Waals surface area contributed by atoms with Crippen molar-refractivity contribution in [3.8, 4) is 5.75 Å². The number of alkyl halides is 1. The maximum atomic E-state index is 5.53. The Bertz CT molecular complexity index is 550. The molecule has 1 aliphatic rings. The number of ether oxygens (including phenoxy) is 1. The van der Waals surface area contributed by atoms with E-state index in [1.807, 2.05) is 0 Å². The van der Waals surface area contributed by atoms with Crippen molar-refractivity contribution in [3.05, 3.63) is 42.0 Å². The highest BCUT2D eigenvalue weighted by atomic mass is 79.9. The smallest absolute Gasteiger partial charge is 0.122 e. The van der Waals surface area contributed by atoms with E-state index in [9.17, 15) is 0 Å². The number of rotatable bonds is 3. The molecule has 3 rings (SSSR count). The highest BCUT2D eigenvalue weighted by molar-refractivity contribution is 9.09. The van der Waals surface area contributed by atoms with Gasteiger partial charge in [-0.2, -0.15) is 0 Å². The molecule has 1 fully saturated rings. The fraction of sp³-hybridized carbons (Fsp3) is 0.333. The van der Waals surface area contributed by atoms with Crippen LogP contribution in [0.5, 0.6) is 5.75 Å². The number of fused-ring (bicyclic) bond motifs is 1. The summed E-state index contributed by atoms with van der Waals surface area (Å²) in [6, 6.07) is 12.8. The summed E-state index contributed by atoms with van der Waals surface area (Å²) in [4.78, 5) is 0. The van der Waals surface area contributed by atoms with E-state index in [-0.39, 0.29) is 0 Å². The molecule has 0 amide bonds. The van der Waals surface area contributed by atoms with Crippen LogP contribution in [0.15, 0.2) is 36.4 Å². The first-order valence-electron chi connectivity index (χ1n) is 5.96. The predicted octanol–water partition coefficient (Wildman–Crippen LogP) is 4.35. The molecule has 0 heterocycles. The number of methoxy groups -OCH3 is 1. The fourth-order valence-corrected chi connectivity index (χ4v) is 3.32. The molecular formula is C15H15BrO. The third-order valence-electron chi connectivity index (χ3n) is 3.64. The van der Waals surface area contributed by atoms with Crippen LogP contribution in [-0.4, -0.2) is 12.4 Å². The molecule has 2 aromatic rings. The first-order valence-corrected chi connectivity index (χ1v) is 7.09. The summed E-state index contributed by atoms with van der Waals surface area (Å²) in [6.07, 6.45) is 1.27. The van der Waals surface area contributed by atoms with E-state index in [0.717, 1.165) is 17.0 Å². The SMILES string of the molecule is COc1ccc2ccccc2c1C1CC1CBr. The summed E-state index contributed by atoms with van der Waals surface area (Å²) < 4.78 is 5.53. The van der Waals surface area contributed by atoms with Crippen molar-refractivity contribution in [2.24, 2.45) is 5.92 Å². The zero-order valence-corrected chi connectivity index (χ0v) is 11.4. The Morgan fingerprint density at radius 2 is 2.06 bits per heavy atom. The number of hydrogen-bond donors (Lipinski definition) is 0. The molecule has 0 aliphatic heterocycles. The second-order valence-electron chi connectivity index (χ2n) is 4.66. The van der Waals surface area contributed by atoms with E-state index in [4.69, 9.17) is 4.74 Å². The van der Waals surface area contributed by atoms with Gasteiger partial charge in [0.05, 0.1) is 7.11 Å². The highest BCUT2D eigenvalue weighted by Crippen LogP contribution is 2.53. The molecule has 0 bridgehead atoms. The zero-order chi connectivity index (χ0) is 11.8. The van der Waals surface area contributed by atoms with Crippen LogP contribution in [0.3, 0.4) is 0 Å². The summed E-state index contributed by atoms with van der Waals surface area (Å²) in [5.41, 5.74) is 1.40. The van der Waals surface area contributed by atoms with Gasteiger partial charge in [-0.15, -0.1) is 0 Å². The van der Waals surface area contributed by atoms with Gasteiger partial charge in [0.25, 0.3) is 0 Å². The fourth-order valence-electron chi connectivity index (χ4n) is 2.61. The van der Waals surface area contributed by atoms with Crippen LogP contribution in [0.4, 0.5) is 0 Å². The summed E-state index contributed by atoms with van der Waals surface area (Å²) in [6.45, 7) is 0. The van der Waals surface area contributed by atoms with E-state index in [0.29, 0.717) is 5.92 Å². The molecule has 0 radical (unpaired) electrons. The Kier molecular flexibility index (Phi) is 2.83. The van der Waals surface area contributed by atoms with Gasteiger partial charge in [0, 0.05) is 10.9 Å². The standard InChI is InChI=1S/C15H15BrO/c1-17-14-7-6-10-4-2-3-5-12(10)15(14)13-8-11(13)9-16/h2-7,11,13H,8-9H2,1H3. The quantitative estimate of drug-likeness (QED) is 0.764. The first-order chi connectivity index (χ1) is 8.35. The third kappa shape index (κ3) is 1.85. The Morgan fingerprint density at radius 1 is 1.24 bits per heavy atom. The van der Waals surface area contributed by atoms with Crippen LogP contribution in [0.1, 0.15) is 17.9 Å². The molecule has 1 aliphatic carbocycles. The minimum Gasteiger partial charge on any atom is -0.496 e. The molecule has 2 atom stereocenters. The lowest BCUT2D eigenvalue weighted by molar-refractivity contribution is 0.410. The maximum Gasteiger partial charge on any atom is 0.122 e. The van der Waals surface area contributed by atoms with Crippen LogP contribution >= 0.6 is 15.9 Å². The average molecular weight is 291 g/mol. The summed E-state index contributed by atoms with van der Waals surface area (Å²) in [5, 5.41) is 3.74. The molecule has 2 aromatic carbocycles. The monoisotopic (exact) mass is 290 g/mol. The summed E-state index contributed by atoms with van der Waals surface area (Å²) in [5.74, 6) is 2.47. The van der Waals surface area contributed by atoms with Crippen molar-refractivity contribution in [1.29, 1.82) is 0 Å². The van der Waals surface area contributed by atoms with Crippen molar-refractivity contribution < 1.29 is 4.74 Å². The average Bonchev–Trinajstić information content (AvgIpc) is 3.16. The Balaban J connectivity index is 2.18. The molecule has 0 N–H and O–H groups in total. The maximum absolute atomic E-state index is 5.53. The van der Waals surface area contributed by atoms with Crippen LogP contribution < -0.4 is 4.74 Å². The Morgan fingerprint density at radius 3 is 2.76 bits per heavy atom. The number of benzene rings is 2. The lowest BCUT2D eigenvalue weighted by atomic mass is 9.99. The third-order valence-corrected chi connectivity index (χ3v) is 4.47. The van der Waals surface area contributed by atoms with Gasteiger partial charge in [-0.1, -0.05) is 46.3 Å². The van der Waals surface area contributed by atoms with E-state index >= 15 is 0 Å². The second-order valence-corrected chi connectivity index (χ2v) is 5.31. The second kappa shape index (κ2) is 4.34. The molecule has 1 saturated carbocycles. The molecular weight excluding hydrogens is 276 g/mol. The van der Waals surface area contributed by atoms with Gasteiger partial charge in [0.2, 0.25) is 0 Å². The van der Waals surface area contributed by atoms with Crippen LogP contribution in [-0.2, 0) is 0 Å². The lowest BCUT2D eigenvalue weighted by Gasteiger charge is -2.11. The van der Waals surface area contributed by atoms with Gasteiger partial charge < -0.3 is 4.74 Å². The van der Waals surface area contributed by atoms with Crippen molar-refractivity contribution in [3.63, 3.8) is 0 Å². The Labute approximate surface area is 110 Å². The van der Waals surface area contributed by atoms with E-state index in [2.05, 4.69) is 52.3 Å². The van der Waals surface area contributed by atoms with E-state index in [1.54, 1.807) is 7.11 Å². The summed E-state index contributed by atoms with van der Waals surface area (Å²) >= 11 is 3.58. The molecule has 0 spiro atoms. The molecule has 1 nitrogen and oxygen atoms in total. The normalized spacial score (nSPS) is 22.7. The number of halogens is 1. The van der Waals surface area contributed by atoms with Gasteiger partial charge in [0.15, 0.2) is 0 Å². The molecule has 2 unspecified atom stereocenters. The Hall–Kier alpha value is -1.02. The van der Waals surface area contributed by atoms with Crippen LogP contribution in [0.2, 0.25) is 0 Å². The summed E-state index contributed by atoms with van der Waals surface area (Å²) in [7, 11) is 1.76. The molecule has 0 aromatic heterocycles. The van der Waals surface area contributed by atoms with Crippen molar-refractivity contribution >= 4 is 26.7 Å². The van der Waals surface area contributed by atoms with Gasteiger partial charge in [0.1, 0.15) is 5.75 Å². The predicted molar refractivity (Wildman–Crippen MR) is 75.1 cm³/mol. The first kappa shape index (κ1) is 11.1. The largest absolute Gasteiger partial charge is 0.496 e. The molecule has 88 valence electrons.